The van der Waals surface area contributed by atoms with Crippen LogP contribution in [0.1, 0.15) is 37.5 Å². The molecule has 0 spiro atoms. The van der Waals surface area contributed by atoms with Crippen LogP contribution >= 0.6 is 0 Å². The molecule has 128 valence electrons. The molecule has 0 amide bonds. The lowest BCUT2D eigenvalue weighted by atomic mass is 9.82. The van der Waals surface area contributed by atoms with Crippen molar-refractivity contribution in [2.24, 2.45) is 0 Å². The zero-order valence-corrected chi connectivity index (χ0v) is 15.7. The lowest BCUT2D eigenvalue weighted by molar-refractivity contribution is 0.660. The Hall–Kier alpha value is -2.86. The zero-order chi connectivity index (χ0) is 18.3. The molecule has 3 aromatic carbocycles. The van der Waals surface area contributed by atoms with Crippen molar-refractivity contribution < 1.29 is 0 Å². The summed E-state index contributed by atoms with van der Waals surface area (Å²) in [4.78, 5) is 0. The molecule has 0 heteroatoms. The first-order valence-corrected chi connectivity index (χ1v) is 9.20. The van der Waals surface area contributed by atoms with Gasteiger partial charge in [0, 0.05) is 5.41 Å². The summed E-state index contributed by atoms with van der Waals surface area (Å²) in [6.45, 7) is 10.8. The van der Waals surface area contributed by atoms with Gasteiger partial charge in [-0.05, 0) is 51.4 Å². The molecular weight excluding hydrogens is 312 g/mol. The molecule has 0 radical (unpaired) electrons. The number of benzene rings is 3. The van der Waals surface area contributed by atoms with E-state index in [-0.39, 0.29) is 5.41 Å². The Kier molecular flexibility index (Phi) is 3.92. The predicted octanol–water partition coefficient (Wildman–Crippen LogP) is 7.25. The highest BCUT2D eigenvalue weighted by molar-refractivity contribution is 5.92. The minimum Gasteiger partial charge on any atom is -0.0912 e. The maximum Gasteiger partial charge on any atom is 0.0159 e. The molecule has 26 heavy (non-hydrogen) atoms. The summed E-state index contributed by atoms with van der Waals surface area (Å²) < 4.78 is 0. The smallest absolute Gasteiger partial charge is 0.0159 e. The summed E-state index contributed by atoms with van der Waals surface area (Å²) in [7, 11) is 0. The van der Waals surface area contributed by atoms with Gasteiger partial charge in [0.05, 0.1) is 0 Å². The van der Waals surface area contributed by atoms with E-state index in [1.807, 2.05) is 19.1 Å². The van der Waals surface area contributed by atoms with Crippen LogP contribution < -0.4 is 0 Å². The molecule has 1 aliphatic carbocycles. The van der Waals surface area contributed by atoms with Crippen LogP contribution in [0.3, 0.4) is 0 Å². The molecule has 0 aliphatic heterocycles. The maximum atomic E-state index is 4.14. The molecule has 1 aliphatic rings. The van der Waals surface area contributed by atoms with Crippen molar-refractivity contribution in [3.05, 3.63) is 102 Å². The first-order valence-electron chi connectivity index (χ1n) is 9.20. The fourth-order valence-corrected chi connectivity index (χ4v) is 4.16. The van der Waals surface area contributed by atoms with E-state index in [1.54, 1.807) is 0 Å². The van der Waals surface area contributed by atoms with E-state index < -0.39 is 0 Å². The first-order chi connectivity index (χ1) is 12.5. The van der Waals surface area contributed by atoms with Gasteiger partial charge in [-0.15, -0.1) is 0 Å². The lowest BCUT2D eigenvalue weighted by Crippen LogP contribution is -2.14. The van der Waals surface area contributed by atoms with Gasteiger partial charge in [-0.1, -0.05) is 99.3 Å². The molecule has 0 nitrogen and oxygen atoms in total. The molecule has 0 bridgehead atoms. The molecule has 4 rings (SSSR count). The normalized spacial score (nSPS) is 14.3. The molecule has 0 saturated carbocycles. The van der Waals surface area contributed by atoms with Gasteiger partial charge in [0.2, 0.25) is 0 Å². The van der Waals surface area contributed by atoms with Crippen LogP contribution in [0.5, 0.6) is 0 Å². The van der Waals surface area contributed by atoms with Gasteiger partial charge in [-0.2, -0.15) is 0 Å². The van der Waals surface area contributed by atoms with Crippen molar-refractivity contribution in [3.8, 4) is 22.3 Å². The number of rotatable bonds is 3. The SMILES string of the molecule is C=C(/C=C\C)c1ccc(-c2cccc3c2-c2ccccc2C3(C)C)cc1. The van der Waals surface area contributed by atoms with Crippen LogP contribution in [0.15, 0.2) is 85.5 Å². The standard InChI is InChI=1S/C26H24/c1-5-9-18(2)19-14-16-20(17-15-19)21-11-8-13-24-25(21)22-10-6-7-12-23(22)26(24,3)4/h5-17H,2H2,1,3-4H3/b9-5-. The highest BCUT2D eigenvalue weighted by Gasteiger charge is 2.36. The van der Waals surface area contributed by atoms with Crippen LogP contribution in [-0.4, -0.2) is 0 Å². The quantitative estimate of drug-likeness (QED) is 0.442. The van der Waals surface area contributed by atoms with E-state index in [4.69, 9.17) is 0 Å². The maximum absolute atomic E-state index is 4.14. The molecule has 0 unspecified atom stereocenters. The molecule has 3 aromatic rings. The molecule has 0 N–H and O–H groups in total. The van der Waals surface area contributed by atoms with E-state index in [9.17, 15) is 0 Å². The van der Waals surface area contributed by atoms with E-state index >= 15 is 0 Å². The van der Waals surface area contributed by atoms with Crippen LogP contribution in [0.4, 0.5) is 0 Å². The number of hydrogen-bond acceptors (Lipinski definition) is 0. The number of allylic oxidation sites excluding steroid dienone is 3. The Labute approximate surface area is 156 Å². The third-order valence-electron chi connectivity index (χ3n) is 5.54. The van der Waals surface area contributed by atoms with Crippen molar-refractivity contribution in [1.29, 1.82) is 0 Å². The Bertz CT molecular complexity index is 1010. The predicted molar refractivity (Wildman–Crippen MR) is 113 cm³/mol. The number of fused-ring (bicyclic) bond motifs is 3. The second-order valence-electron chi connectivity index (χ2n) is 7.50. The fourth-order valence-electron chi connectivity index (χ4n) is 4.16. The molecule has 0 atom stereocenters. The van der Waals surface area contributed by atoms with E-state index in [1.165, 1.54) is 38.9 Å². The van der Waals surface area contributed by atoms with Gasteiger partial charge < -0.3 is 0 Å². The van der Waals surface area contributed by atoms with Crippen LogP contribution in [0.25, 0.3) is 27.8 Å². The highest BCUT2D eigenvalue weighted by Crippen LogP contribution is 2.51. The second-order valence-corrected chi connectivity index (χ2v) is 7.50. The Balaban J connectivity index is 1.87. The summed E-state index contributed by atoms with van der Waals surface area (Å²) in [5.74, 6) is 0. The van der Waals surface area contributed by atoms with Crippen molar-refractivity contribution in [3.63, 3.8) is 0 Å². The Morgan fingerprint density at radius 1 is 0.808 bits per heavy atom. The summed E-state index contributed by atoms with van der Waals surface area (Å²) in [6.07, 6.45) is 4.08. The average Bonchev–Trinajstić information content (AvgIpc) is 2.90. The second kappa shape index (κ2) is 6.14. The molecule has 0 heterocycles. The fraction of sp³-hybridized carbons (Fsp3) is 0.154. The lowest BCUT2D eigenvalue weighted by Gasteiger charge is -2.21. The average molecular weight is 336 g/mol. The van der Waals surface area contributed by atoms with Gasteiger partial charge >= 0.3 is 0 Å². The van der Waals surface area contributed by atoms with Gasteiger partial charge in [-0.25, -0.2) is 0 Å². The van der Waals surface area contributed by atoms with Crippen molar-refractivity contribution in [1.82, 2.24) is 0 Å². The zero-order valence-electron chi connectivity index (χ0n) is 15.7. The largest absolute Gasteiger partial charge is 0.0912 e. The molecule has 0 saturated heterocycles. The number of hydrogen-bond donors (Lipinski definition) is 0. The third-order valence-corrected chi connectivity index (χ3v) is 5.54. The van der Waals surface area contributed by atoms with Crippen LogP contribution in [0, 0.1) is 0 Å². The topological polar surface area (TPSA) is 0 Å². The summed E-state index contributed by atoms with van der Waals surface area (Å²) in [5.41, 5.74) is 10.4. The monoisotopic (exact) mass is 336 g/mol. The first kappa shape index (κ1) is 16.6. The molecule has 0 aromatic heterocycles. The Morgan fingerprint density at radius 3 is 2.19 bits per heavy atom. The van der Waals surface area contributed by atoms with Crippen molar-refractivity contribution in [2.75, 3.05) is 0 Å². The highest BCUT2D eigenvalue weighted by atomic mass is 14.4. The summed E-state index contributed by atoms with van der Waals surface area (Å²) >= 11 is 0. The molecule has 0 fully saturated rings. The third kappa shape index (κ3) is 2.45. The van der Waals surface area contributed by atoms with Gasteiger partial charge in [0.15, 0.2) is 0 Å². The minimum absolute atomic E-state index is 0.0437. The van der Waals surface area contributed by atoms with E-state index in [0.29, 0.717) is 0 Å². The van der Waals surface area contributed by atoms with Crippen molar-refractivity contribution >= 4 is 5.57 Å². The minimum atomic E-state index is 0.0437. The summed E-state index contributed by atoms with van der Waals surface area (Å²) in [6, 6.07) is 24.3. The van der Waals surface area contributed by atoms with Gasteiger partial charge in [-0.3, -0.25) is 0 Å². The van der Waals surface area contributed by atoms with E-state index in [2.05, 4.69) is 87.2 Å². The van der Waals surface area contributed by atoms with Crippen LogP contribution in [0.2, 0.25) is 0 Å². The summed E-state index contributed by atoms with van der Waals surface area (Å²) in [5, 5.41) is 0. The molecular formula is C26H24. The Morgan fingerprint density at radius 2 is 1.46 bits per heavy atom. The van der Waals surface area contributed by atoms with Crippen LogP contribution in [-0.2, 0) is 5.41 Å². The van der Waals surface area contributed by atoms with Gasteiger partial charge in [0.25, 0.3) is 0 Å². The van der Waals surface area contributed by atoms with Crippen molar-refractivity contribution in [2.45, 2.75) is 26.2 Å². The van der Waals surface area contributed by atoms with E-state index in [0.717, 1.165) is 5.57 Å². The van der Waals surface area contributed by atoms with Gasteiger partial charge in [0.1, 0.15) is 0 Å².